The van der Waals surface area contributed by atoms with Crippen LogP contribution in [0.2, 0.25) is 0 Å². The maximum atomic E-state index is 11.9. The molecule has 1 rings (SSSR count). The normalized spacial score (nSPS) is 11.0. The molecular formula is C16H24N2O3. The van der Waals surface area contributed by atoms with Crippen LogP contribution >= 0.6 is 0 Å². The Hall–Kier alpha value is -1.88. The summed E-state index contributed by atoms with van der Waals surface area (Å²) < 4.78 is 4.82. The van der Waals surface area contributed by atoms with E-state index in [0.29, 0.717) is 18.7 Å². The summed E-state index contributed by atoms with van der Waals surface area (Å²) in [5, 5.41) is 5.23. The van der Waals surface area contributed by atoms with Crippen molar-refractivity contribution in [3.05, 3.63) is 35.4 Å². The Morgan fingerprint density at radius 3 is 2.24 bits per heavy atom. The van der Waals surface area contributed by atoms with Crippen molar-refractivity contribution in [3.8, 4) is 0 Å². The molecule has 2 N–H and O–H groups in total. The molecule has 5 nitrogen and oxygen atoms in total. The Morgan fingerprint density at radius 2 is 1.71 bits per heavy atom. The number of methoxy groups -OCH3 is 1. The topological polar surface area (TPSA) is 67.4 Å². The SMILES string of the molecule is COCCNC(=O)CNC(=O)c1ccc(C(C)(C)C)cc1. The van der Waals surface area contributed by atoms with Crippen LogP contribution in [0.5, 0.6) is 0 Å². The van der Waals surface area contributed by atoms with Crippen LogP contribution in [0.3, 0.4) is 0 Å². The molecule has 1 aromatic rings. The van der Waals surface area contributed by atoms with Crippen LogP contribution in [0.1, 0.15) is 36.7 Å². The van der Waals surface area contributed by atoms with E-state index in [-0.39, 0.29) is 23.8 Å². The molecule has 0 heterocycles. The van der Waals surface area contributed by atoms with Gasteiger partial charge < -0.3 is 15.4 Å². The van der Waals surface area contributed by atoms with Gasteiger partial charge in [-0.15, -0.1) is 0 Å². The van der Waals surface area contributed by atoms with Gasteiger partial charge in [-0.25, -0.2) is 0 Å². The predicted molar refractivity (Wildman–Crippen MR) is 82.4 cm³/mol. The van der Waals surface area contributed by atoms with Gasteiger partial charge >= 0.3 is 0 Å². The molecule has 21 heavy (non-hydrogen) atoms. The fourth-order valence-electron chi connectivity index (χ4n) is 1.74. The third kappa shape index (κ3) is 5.95. The molecule has 0 radical (unpaired) electrons. The van der Waals surface area contributed by atoms with Crippen LogP contribution in [0, 0.1) is 0 Å². The number of carbonyl (C=O) groups is 2. The summed E-state index contributed by atoms with van der Waals surface area (Å²) in [5.74, 6) is -0.482. The zero-order valence-electron chi connectivity index (χ0n) is 13.2. The molecule has 5 heteroatoms. The van der Waals surface area contributed by atoms with E-state index in [0.717, 1.165) is 5.56 Å². The second-order valence-corrected chi connectivity index (χ2v) is 5.85. The molecule has 0 aliphatic rings. The Kier molecular flexibility index (Phi) is 6.37. The van der Waals surface area contributed by atoms with Crippen molar-refractivity contribution in [2.75, 3.05) is 26.8 Å². The van der Waals surface area contributed by atoms with Crippen LogP contribution < -0.4 is 10.6 Å². The zero-order valence-corrected chi connectivity index (χ0v) is 13.2. The second-order valence-electron chi connectivity index (χ2n) is 5.85. The highest BCUT2D eigenvalue weighted by Gasteiger charge is 2.14. The lowest BCUT2D eigenvalue weighted by Crippen LogP contribution is -2.38. The lowest BCUT2D eigenvalue weighted by molar-refractivity contribution is -0.120. The van der Waals surface area contributed by atoms with Crippen molar-refractivity contribution in [2.24, 2.45) is 0 Å². The van der Waals surface area contributed by atoms with E-state index < -0.39 is 0 Å². The fourth-order valence-corrected chi connectivity index (χ4v) is 1.74. The van der Waals surface area contributed by atoms with Gasteiger partial charge in [-0.3, -0.25) is 9.59 Å². The van der Waals surface area contributed by atoms with E-state index in [9.17, 15) is 9.59 Å². The van der Waals surface area contributed by atoms with Gasteiger partial charge in [0.05, 0.1) is 13.2 Å². The molecule has 0 spiro atoms. The van der Waals surface area contributed by atoms with Crippen molar-refractivity contribution in [1.29, 1.82) is 0 Å². The second kappa shape index (κ2) is 7.78. The van der Waals surface area contributed by atoms with E-state index in [1.165, 1.54) is 0 Å². The van der Waals surface area contributed by atoms with Crippen molar-refractivity contribution < 1.29 is 14.3 Å². The standard InChI is InChI=1S/C16H24N2O3/c1-16(2,3)13-7-5-12(6-8-13)15(20)18-11-14(19)17-9-10-21-4/h5-8H,9-11H2,1-4H3,(H,17,19)(H,18,20). The molecule has 0 aliphatic carbocycles. The summed E-state index contributed by atoms with van der Waals surface area (Å²) in [5.41, 5.74) is 1.76. The first-order chi connectivity index (χ1) is 9.84. The van der Waals surface area contributed by atoms with Crippen LogP contribution in [-0.2, 0) is 14.9 Å². The third-order valence-electron chi connectivity index (χ3n) is 3.05. The van der Waals surface area contributed by atoms with Crippen molar-refractivity contribution in [2.45, 2.75) is 26.2 Å². The van der Waals surface area contributed by atoms with Gasteiger partial charge in [0.1, 0.15) is 0 Å². The summed E-state index contributed by atoms with van der Waals surface area (Å²) in [7, 11) is 1.56. The van der Waals surface area contributed by atoms with Gasteiger partial charge in [-0.1, -0.05) is 32.9 Å². The Balaban J connectivity index is 2.47. The van der Waals surface area contributed by atoms with Crippen LogP contribution in [0.25, 0.3) is 0 Å². The van der Waals surface area contributed by atoms with Crippen molar-refractivity contribution >= 4 is 11.8 Å². The maximum absolute atomic E-state index is 11.9. The van der Waals surface area contributed by atoms with E-state index in [1.54, 1.807) is 19.2 Å². The molecule has 0 fully saturated rings. The number of nitrogens with one attached hydrogen (secondary N) is 2. The van der Waals surface area contributed by atoms with Crippen LogP contribution in [0.4, 0.5) is 0 Å². The minimum Gasteiger partial charge on any atom is -0.383 e. The minimum atomic E-state index is -0.252. The summed E-state index contributed by atoms with van der Waals surface area (Å²) >= 11 is 0. The maximum Gasteiger partial charge on any atom is 0.251 e. The number of amides is 2. The van der Waals surface area contributed by atoms with Crippen molar-refractivity contribution in [3.63, 3.8) is 0 Å². The predicted octanol–water partition coefficient (Wildman–Crippen LogP) is 1.48. The molecule has 0 unspecified atom stereocenters. The number of rotatable bonds is 6. The van der Waals surface area contributed by atoms with Gasteiger partial charge in [0.15, 0.2) is 0 Å². The molecular weight excluding hydrogens is 268 g/mol. The van der Waals surface area contributed by atoms with Gasteiger partial charge in [0.25, 0.3) is 5.91 Å². The largest absolute Gasteiger partial charge is 0.383 e. The Morgan fingerprint density at radius 1 is 1.10 bits per heavy atom. The molecule has 0 aliphatic heterocycles. The number of hydrogen-bond donors (Lipinski definition) is 2. The molecule has 0 atom stereocenters. The smallest absolute Gasteiger partial charge is 0.251 e. The zero-order chi connectivity index (χ0) is 15.9. The van der Waals surface area contributed by atoms with E-state index in [1.807, 2.05) is 12.1 Å². The van der Waals surface area contributed by atoms with Crippen LogP contribution in [0.15, 0.2) is 24.3 Å². The van der Waals surface area contributed by atoms with Gasteiger partial charge in [0, 0.05) is 19.2 Å². The number of benzene rings is 1. The number of hydrogen-bond acceptors (Lipinski definition) is 3. The molecule has 0 saturated heterocycles. The summed E-state index contributed by atoms with van der Waals surface area (Å²) in [6.45, 7) is 7.20. The summed E-state index contributed by atoms with van der Waals surface area (Å²) in [6, 6.07) is 7.43. The Labute approximate surface area is 126 Å². The molecule has 116 valence electrons. The molecule has 0 aromatic heterocycles. The van der Waals surface area contributed by atoms with E-state index in [4.69, 9.17) is 4.74 Å². The lowest BCUT2D eigenvalue weighted by Gasteiger charge is -2.19. The van der Waals surface area contributed by atoms with Crippen LogP contribution in [-0.4, -0.2) is 38.6 Å². The van der Waals surface area contributed by atoms with Gasteiger partial charge in [0.2, 0.25) is 5.91 Å². The van der Waals surface area contributed by atoms with Gasteiger partial charge in [-0.05, 0) is 23.1 Å². The van der Waals surface area contributed by atoms with E-state index >= 15 is 0 Å². The number of ether oxygens (including phenoxy) is 1. The highest BCUT2D eigenvalue weighted by molar-refractivity contribution is 5.96. The first-order valence-corrected chi connectivity index (χ1v) is 6.99. The average Bonchev–Trinajstić information content (AvgIpc) is 2.44. The molecule has 1 aromatic carbocycles. The average molecular weight is 292 g/mol. The highest BCUT2D eigenvalue weighted by Crippen LogP contribution is 2.22. The minimum absolute atomic E-state index is 0.0381. The summed E-state index contributed by atoms with van der Waals surface area (Å²) in [6.07, 6.45) is 0. The highest BCUT2D eigenvalue weighted by atomic mass is 16.5. The quantitative estimate of drug-likeness (QED) is 0.780. The summed E-state index contributed by atoms with van der Waals surface area (Å²) in [4.78, 5) is 23.4. The monoisotopic (exact) mass is 292 g/mol. The fraction of sp³-hybridized carbons (Fsp3) is 0.500. The first-order valence-electron chi connectivity index (χ1n) is 6.99. The molecule has 0 bridgehead atoms. The van der Waals surface area contributed by atoms with Gasteiger partial charge in [-0.2, -0.15) is 0 Å². The molecule has 0 saturated carbocycles. The third-order valence-corrected chi connectivity index (χ3v) is 3.05. The van der Waals surface area contributed by atoms with Crippen molar-refractivity contribution in [1.82, 2.24) is 10.6 Å². The Bertz CT molecular complexity index is 475. The number of carbonyl (C=O) groups excluding carboxylic acids is 2. The lowest BCUT2D eigenvalue weighted by atomic mass is 9.87. The van der Waals surface area contributed by atoms with E-state index in [2.05, 4.69) is 31.4 Å². The molecule has 2 amide bonds. The first kappa shape index (κ1) is 17.2.